The highest BCUT2D eigenvalue weighted by molar-refractivity contribution is 14.1. The van der Waals surface area contributed by atoms with Gasteiger partial charge in [0.25, 0.3) is 5.91 Å². The van der Waals surface area contributed by atoms with Crippen LogP contribution < -0.4 is 5.48 Å². The number of nitrogens with one attached hydrogen (secondary N) is 1. The van der Waals surface area contributed by atoms with E-state index in [1.807, 2.05) is 19.1 Å². The van der Waals surface area contributed by atoms with Crippen molar-refractivity contribution in [2.45, 2.75) is 6.92 Å². The maximum atomic E-state index is 11.3. The molecule has 0 aromatic heterocycles. The second-order valence-corrected chi connectivity index (χ2v) is 3.62. The van der Waals surface area contributed by atoms with E-state index in [1.54, 1.807) is 12.1 Å². The minimum absolute atomic E-state index is 0.208. The van der Waals surface area contributed by atoms with Gasteiger partial charge >= 0.3 is 0 Å². The first-order chi connectivity index (χ1) is 6.24. The Morgan fingerprint density at radius 1 is 1.62 bits per heavy atom. The Kier molecular flexibility index (Phi) is 4.17. The molecule has 70 valence electrons. The Labute approximate surface area is 90.6 Å². The lowest BCUT2D eigenvalue weighted by Gasteiger charge is -2.03. The van der Waals surface area contributed by atoms with Crippen LogP contribution in [0.5, 0.6) is 0 Å². The van der Waals surface area contributed by atoms with E-state index in [4.69, 9.17) is 4.84 Å². The van der Waals surface area contributed by atoms with Crippen LogP contribution in [0.3, 0.4) is 0 Å². The summed E-state index contributed by atoms with van der Waals surface area (Å²) in [5.74, 6) is -0.208. The van der Waals surface area contributed by atoms with Gasteiger partial charge in [-0.3, -0.25) is 9.63 Å². The molecule has 13 heavy (non-hydrogen) atoms. The average Bonchev–Trinajstić information content (AvgIpc) is 2.14. The van der Waals surface area contributed by atoms with Gasteiger partial charge < -0.3 is 0 Å². The molecule has 0 bridgehead atoms. The summed E-state index contributed by atoms with van der Waals surface area (Å²) in [5, 5.41) is 0. The molecule has 1 N–H and O–H groups in total. The average molecular weight is 291 g/mol. The summed E-state index contributed by atoms with van der Waals surface area (Å²) < 4.78 is 1.03. The Morgan fingerprint density at radius 2 is 2.38 bits per heavy atom. The fourth-order valence-electron chi connectivity index (χ4n) is 0.826. The zero-order chi connectivity index (χ0) is 9.68. The smallest absolute Gasteiger partial charge is 0.274 e. The highest BCUT2D eigenvalue weighted by atomic mass is 127. The van der Waals surface area contributed by atoms with Crippen LogP contribution in [0.4, 0.5) is 0 Å². The van der Waals surface area contributed by atoms with Crippen molar-refractivity contribution in [1.29, 1.82) is 0 Å². The molecule has 0 saturated carbocycles. The van der Waals surface area contributed by atoms with E-state index < -0.39 is 0 Å². The first kappa shape index (κ1) is 10.5. The van der Waals surface area contributed by atoms with Crippen molar-refractivity contribution in [2.24, 2.45) is 0 Å². The minimum Gasteiger partial charge on any atom is -0.274 e. The molecule has 0 atom stereocenters. The molecule has 1 amide bonds. The largest absolute Gasteiger partial charge is 0.274 e. The highest BCUT2D eigenvalue weighted by Crippen LogP contribution is 2.07. The maximum Gasteiger partial charge on any atom is 0.274 e. The normalized spacial score (nSPS) is 9.69. The Hall–Kier alpha value is -0.620. The second kappa shape index (κ2) is 5.18. The van der Waals surface area contributed by atoms with Gasteiger partial charge in [-0.2, -0.15) is 0 Å². The molecule has 1 aromatic carbocycles. The summed E-state index contributed by atoms with van der Waals surface area (Å²) in [4.78, 5) is 16.1. The summed E-state index contributed by atoms with van der Waals surface area (Å²) in [5.41, 5.74) is 2.94. The molecular formula is C9H10INO2. The summed E-state index contributed by atoms with van der Waals surface area (Å²) in [6.45, 7) is 2.28. The molecule has 1 rings (SSSR count). The molecule has 1 aromatic rings. The van der Waals surface area contributed by atoms with Crippen LogP contribution >= 0.6 is 22.6 Å². The first-order valence-corrected chi connectivity index (χ1v) is 4.99. The number of carbonyl (C=O) groups is 1. The van der Waals surface area contributed by atoms with Crippen LogP contribution in [0.1, 0.15) is 17.3 Å². The van der Waals surface area contributed by atoms with Gasteiger partial charge in [-0.05, 0) is 47.7 Å². The second-order valence-electron chi connectivity index (χ2n) is 2.37. The Balaban J connectivity index is 2.66. The molecular weight excluding hydrogens is 281 g/mol. The summed E-state index contributed by atoms with van der Waals surface area (Å²) in [6.07, 6.45) is 0. The molecule has 4 heteroatoms. The minimum atomic E-state index is -0.208. The quantitative estimate of drug-likeness (QED) is 0.683. The van der Waals surface area contributed by atoms with Crippen LogP contribution in [0.2, 0.25) is 0 Å². The molecule has 0 aliphatic carbocycles. The predicted molar refractivity (Wildman–Crippen MR) is 58.3 cm³/mol. The zero-order valence-electron chi connectivity index (χ0n) is 7.21. The third kappa shape index (κ3) is 3.31. The number of hydrogen-bond donors (Lipinski definition) is 1. The van der Waals surface area contributed by atoms with Crippen LogP contribution in [0, 0.1) is 3.57 Å². The predicted octanol–water partition coefficient (Wildman–Crippen LogP) is 1.97. The van der Waals surface area contributed by atoms with E-state index in [0.29, 0.717) is 12.2 Å². The molecule has 0 radical (unpaired) electrons. The topological polar surface area (TPSA) is 38.3 Å². The number of hydroxylamine groups is 1. The lowest BCUT2D eigenvalue weighted by Crippen LogP contribution is -2.23. The Morgan fingerprint density at radius 3 is 3.00 bits per heavy atom. The number of hydrogen-bond acceptors (Lipinski definition) is 2. The highest BCUT2D eigenvalue weighted by Gasteiger charge is 2.03. The van der Waals surface area contributed by atoms with Crippen molar-refractivity contribution in [3.63, 3.8) is 0 Å². The molecule has 0 unspecified atom stereocenters. The number of rotatable bonds is 3. The van der Waals surface area contributed by atoms with Crippen LogP contribution in [-0.2, 0) is 4.84 Å². The fourth-order valence-corrected chi connectivity index (χ4v) is 1.37. The van der Waals surface area contributed by atoms with Gasteiger partial charge in [0.15, 0.2) is 0 Å². The maximum absolute atomic E-state index is 11.3. The number of halogens is 1. The van der Waals surface area contributed by atoms with Gasteiger partial charge in [-0.25, -0.2) is 5.48 Å². The summed E-state index contributed by atoms with van der Waals surface area (Å²) >= 11 is 2.16. The van der Waals surface area contributed by atoms with Crippen LogP contribution in [0.25, 0.3) is 0 Å². The van der Waals surface area contributed by atoms with E-state index >= 15 is 0 Å². The summed E-state index contributed by atoms with van der Waals surface area (Å²) in [7, 11) is 0. The fraction of sp³-hybridized carbons (Fsp3) is 0.222. The molecule has 0 spiro atoms. The van der Waals surface area contributed by atoms with E-state index in [-0.39, 0.29) is 5.91 Å². The first-order valence-electron chi connectivity index (χ1n) is 3.91. The van der Waals surface area contributed by atoms with Gasteiger partial charge in [0.2, 0.25) is 0 Å². The van der Waals surface area contributed by atoms with E-state index in [2.05, 4.69) is 28.1 Å². The van der Waals surface area contributed by atoms with E-state index in [9.17, 15) is 4.79 Å². The molecule has 3 nitrogen and oxygen atoms in total. The van der Waals surface area contributed by atoms with Crippen molar-refractivity contribution >= 4 is 28.5 Å². The molecule has 0 aliphatic rings. The van der Waals surface area contributed by atoms with Gasteiger partial charge in [-0.1, -0.05) is 6.07 Å². The van der Waals surface area contributed by atoms with Crippen LogP contribution in [0.15, 0.2) is 24.3 Å². The standard InChI is InChI=1S/C9H10INO2/c1-2-13-11-9(12)7-4-3-5-8(10)6-7/h3-6H,2H2,1H3,(H,11,12). The van der Waals surface area contributed by atoms with Gasteiger partial charge in [0.1, 0.15) is 0 Å². The number of amides is 1. The van der Waals surface area contributed by atoms with Crippen molar-refractivity contribution in [2.75, 3.05) is 6.61 Å². The van der Waals surface area contributed by atoms with Gasteiger partial charge in [0, 0.05) is 9.13 Å². The third-order valence-electron chi connectivity index (χ3n) is 1.40. The third-order valence-corrected chi connectivity index (χ3v) is 2.07. The van der Waals surface area contributed by atoms with Gasteiger partial charge in [-0.15, -0.1) is 0 Å². The number of carbonyl (C=O) groups excluding carboxylic acids is 1. The van der Waals surface area contributed by atoms with Crippen LogP contribution in [-0.4, -0.2) is 12.5 Å². The Bertz CT molecular complexity index is 301. The van der Waals surface area contributed by atoms with E-state index in [0.717, 1.165) is 3.57 Å². The molecule has 0 heterocycles. The molecule has 0 fully saturated rings. The summed E-state index contributed by atoms with van der Waals surface area (Å²) in [6, 6.07) is 7.31. The monoisotopic (exact) mass is 291 g/mol. The van der Waals surface area contributed by atoms with E-state index in [1.165, 1.54) is 0 Å². The lowest BCUT2D eigenvalue weighted by atomic mass is 10.2. The van der Waals surface area contributed by atoms with Crippen molar-refractivity contribution in [3.8, 4) is 0 Å². The van der Waals surface area contributed by atoms with Crippen molar-refractivity contribution in [1.82, 2.24) is 5.48 Å². The van der Waals surface area contributed by atoms with Crippen molar-refractivity contribution < 1.29 is 9.63 Å². The van der Waals surface area contributed by atoms with Gasteiger partial charge in [0.05, 0.1) is 6.61 Å². The number of benzene rings is 1. The molecule has 0 saturated heterocycles. The zero-order valence-corrected chi connectivity index (χ0v) is 9.37. The SMILES string of the molecule is CCONC(=O)c1cccc(I)c1. The van der Waals surface area contributed by atoms with Crippen molar-refractivity contribution in [3.05, 3.63) is 33.4 Å². The lowest BCUT2D eigenvalue weighted by molar-refractivity contribution is 0.0364. The molecule has 0 aliphatic heterocycles.